The summed E-state index contributed by atoms with van der Waals surface area (Å²) < 4.78 is 73.4. The lowest BCUT2D eigenvalue weighted by Crippen LogP contribution is -2.46. The molecule has 2 amide bonds. The Morgan fingerprint density at radius 1 is 1.08 bits per heavy atom. The zero-order chi connectivity index (χ0) is 28.2. The summed E-state index contributed by atoms with van der Waals surface area (Å²) >= 11 is 5.98. The Labute approximate surface area is 227 Å². The molecule has 0 spiro atoms. The molecule has 206 valence electrons. The molecule has 1 aliphatic heterocycles. The van der Waals surface area contributed by atoms with Gasteiger partial charge in [-0.15, -0.1) is 0 Å². The summed E-state index contributed by atoms with van der Waals surface area (Å²) in [6, 6.07) is 12.4. The molecule has 2 aliphatic carbocycles. The maximum absolute atomic E-state index is 13.8. The largest absolute Gasteiger partial charge is 0.425 e. The minimum atomic E-state index is -4.92. The molecule has 0 radical (unpaired) electrons. The van der Waals surface area contributed by atoms with E-state index in [1.54, 1.807) is 24.3 Å². The van der Waals surface area contributed by atoms with Crippen LogP contribution in [0.3, 0.4) is 0 Å². The second-order valence-electron chi connectivity index (χ2n) is 10.1. The van der Waals surface area contributed by atoms with Gasteiger partial charge in [0.1, 0.15) is 5.54 Å². The number of carbonyl (C=O) groups excluding carboxylic acids is 2. The first-order valence-corrected chi connectivity index (χ1v) is 14.1. The number of hydrogen-bond acceptors (Lipinski definition) is 6. The van der Waals surface area contributed by atoms with Crippen LogP contribution in [0, 0.1) is 11.3 Å². The Morgan fingerprint density at radius 3 is 2.28 bits per heavy atom. The first-order valence-electron chi connectivity index (χ1n) is 12.2. The predicted octanol–water partition coefficient (Wildman–Crippen LogP) is 4.57. The van der Waals surface area contributed by atoms with Crippen molar-refractivity contribution in [1.82, 2.24) is 10.2 Å². The Morgan fingerprint density at radius 2 is 1.72 bits per heavy atom. The van der Waals surface area contributed by atoms with E-state index in [1.807, 2.05) is 6.07 Å². The van der Waals surface area contributed by atoms with Crippen LogP contribution in [-0.4, -0.2) is 48.9 Å². The van der Waals surface area contributed by atoms with E-state index in [1.165, 1.54) is 6.07 Å². The number of sulfone groups is 1. The zero-order valence-electron chi connectivity index (χ0n) is 20.4. The summed E-state index contributed by atoms with van der Waals surface area (Å²) in [5.41, 5.74) is -2.73. The summed E-state index contributed by atoms with van der Waals surface area (Å²) in [5, 5.41) is 10.7. The minimum Gasteiger partial charge on any atom is -0.425 e. The summed E-state index contributed by atoms with van der Waals surface area (Å²) in [4.78, 5) is 26.7. The van der Waals surface area contributed by atoms with E-state index in [-0.39, 0.29) is 0 Å². The number of ether oxygens (including phenoxy) is 1. The second-order valence-corrected chi connectivity index (χ2v) is 12.8. The summed E-state index contributed by atoms with van der Waals surface area (Å²) in [6.45, 7) is -0.468. The summed E-state index contributed by atoms with van der Waals surface area (Å²) in [5.74, 6) is -0.495. The molecule has 0 aromatic heterocycles. The molecule has 0 bridgehead atoms. The quantitative estimate of drug-likeness (QED) is 0.534. The van der Waals surface area contributed by atoms with Crippen LogP contribution in [0.2, 0.25) is 5.02 Å². The second kappa shape index (κ2) is 9.41. The third-order valence-corrected chi connectivity index (χ3v) is 9.96. The van der Waals surface area contributed by atoms with Crippen LogP contribution < -0.4 is 5.32 Å². The standard InChI is InChI=1S/C26H23ClF3N3O5S/c27-17-7-5-16(6-8-17)25(11-12-25)22(34)33-14-18(13-21(33)38-23(35)32-24(15-31)9-10-24)39(36,37)20-4-2-1-3-19(20)26(28,29)30/h1-8,18,21H,9-14H2,(H,32,35)/t18-,21+/m1/s1. The van der Waals surface area contributed by atoms with E-state index in [0.717, 1.165) is 17.0 Å². The number of likely N-dealkylation sites (tertiary alicyclic amines) is 1. The maximum Gasteiger partial charge on any atom is 0.417 e. The van der Waals surface area contributed by atoms with Crippen molar-refractivity contribution in [1.29, 1.82) is 5.26 Å². The van der Waals surface area contributed by atoms with Gasteiger partial charge in [0.25, 0.3) is 0 Å². The van der Waals surface area contributed by atoms with E-state index >= 15 is 0 Å². The highest BCUT2D eigenvalue weighted by molar-refractivity contribution is 7.92. The number of rotatable bonds is 6. The van der Waals surface area contributed by atoms with Gasteiger partial charge in [-0.2, -0.15) is 18.4 Å². The van der Waals surface area contributed by atoms with Crippen molar-refractivity contribution in [2.75, 3.05) is 6.54 Å². The predicted molar refractivity (Wildman–Crippen MR) is 132 cm³/mol. The lowest BCUT2D eigenvalue weighted by Gasteiger charge is -2.29. The molecule has 1 N–H and O–H groups in total. The van der Waals surface area contributed by atoms with Crippen LogP contribution in [-0.2, 0) is 31.0 Å². The number of amides is 2. The number of alkyl halides is 3. The highest BCUT2D eigenvalue weighted by atomic mass is 35.5. The molecular formula is C26H23ClF3N3O5S. The highest BCUT2D eigenvalue weighted by Crippen LogP contribution is 2.51. The SMILES string of the molecule is N#CC1(NC(=O)O[C@H]2C[C@@H](S(=O)(=O)c3ccccc3C(F)(F)F)CN2C(=O)C2(c3ccc(Cl)cc3)CC2)CC1. The Hall–Kier alpha value is -3.30. The van der Waals surface area contributed by atoms with Crippen molar-refractivity contribution in [3.05, 3.63) is 64.7 Å². The Balaban J connectivity index is 1.46. The van der Waals surface area contributed by atoms with Gasteiger partial charge in [-0.05, 0) is 55.5 Å². The highest BCUT2D eigenvalue weighted by Gasteiger charge is 2.57. The molecule has 13 heteroatoms. The van der Waals surface area contributed by atoms with E-state index in [9.17, 15) is 36.4 Å². The molecule has 2 aromatic carbocycles. The fourth-order valence-electron chi connectivity index (χ4n) is 4.98. The molecule has 8 nitrogen and oxygen atoms in total. The maximum atomic E-state index is 13.8. The van der Waals surface area contributed by atoms with E-state index in [0.29, 0.717) is 42.3 Å². The van der Waals surface area contributed by atoms with Crippen LogP contribution in [0.4, 0.5) is 18.0 Å². The van der Waals surface area contributed by atoms with Gasteiger partial charge in [-0.3, -0.25) is 4.79 Å². The van der Waals surface area contributed by atoms with Gasteiger partial charge >= 0.3 is 12.3 Å². The molecule has 3 aliphatic rings. The molecule has 39 heavy (non-hydrogen) atoms. The van der Waals surface area contributed by atoms with Crippen LogP contribution in [0.25, 0.3) is 0 Å². The molecule has 5 rings (SSSR count). The fraction of sp³-hybridized carbons (Fsp3) is 0.423. The third-order valence-electron chi connectivity index (χ3n) is 7.52. The minimum absolute atomic E-state index is 0.414. The molecule has 1 heterocycles. The number of carbonyl (C=O) groups is 2. The smallest absolute Gasteiger partial charge is 0.417 e. The molecule has 0 unspecified atom stereocenters. The number of hydrogen-bond donors (Lipinski definition) is 1. The van der Waals surface area contributed by atoms with E-state index in [2.05, 4.69) is 5.32 Å². The number of nitriles is 1. The number of nitrogens with zero attached hydrogens (tertiary/aromatic N) is 2. The van der Waals surface area contributed by atoms with Crippen LogP contribution in [0.15, 0.2) is 53.4 Å². The van der Waals surface area contributed by atoms with Crippen molar-refractivity contribution in [2.45, 2.75) is 65.6 Å². The van der Waals surface area contributed by atoms with E-state index < -0.39 is 73.9 Å². The Bertz CT molecular complexity index is 1460. The first-order chi connectivity index (χ1) is 18.3. The van der Waals surface area contributed by atoms with Gasteiger partial charge in [0, 0.05) is 18.0 Å². The monoisotopic (exact) mass is 581 g/mol. The van der Waals surface area contributed by atoms with Crippen molar-refractivity contribution < 1.29 is 35.9 Å². The molecule has 2 atom stereocenters. The molecule has 2 aromatic rings. The fourth-order valence-corrected chi connectivity index (χ4v) is 6.99. The topological polar surface area (TPSA) is 117 Å². The van der Waals surface area contributed by atoms with Gasteiger partial charge in [-0.25, -0.2) is 13.2 Å². The van der Waals surface area contributed by atoms with Gasteiger partial charge in [0.15, 0.2) is 16.1 Å². The van der Waals surface area contributed by atoms with Crippen LogP contribution in [0.1, 0.15) is 43.2 Å². The first kappa shape index (κ1) is 27.3. The number of halogens is 4. The molecule has 3 fully saturated rings. The van der Waals surface area contributed by atoms with Crippen molar-refractivity contribution >= 4 is 33.4 Å². The van der Waals surface area contributed by atoms with Gasteiger partial charge < -0.3 is 15.0 Å². The van der Waals surface area contributed by atoms with Gasteiger partial charge in [0.05, 0.1) is 27.2 Å². The molecule has 2 saturated carbocycles. The summed E-state index contributed by atoms with van der Waals surface area (Å²) in [6.07, 6.45) is -5.99. The zero-order valence-corrected chi connectivity index (χ0v) is 21.9. The lowest BCUT2D eigenvalue weighted by molar-refractivity contribution is -0.141. The van der Waals surface area contributed by atoms with Crippen molar-refractivity contribution in [3.63, 3.8) is 0 Å². The Kier molecular flexibility index (Phi) is 6.58. The molecule has 1 saturated heterocycles. The summed E-state index contributed by atoms with van der Waals surface area (Å²) in [7, 11) is -4.61. The average molecular weight is 582 g/mol. The third kappa shape index (κ3) is 5.05. The average Bonchev–Trinajstić information content (AvgIpc) is 3.81. The molecular weight excluding hydrogens is 559 g/mol. The van der Waals surface area contributed by atoms with Crippen molar-refractivity contribution in [3.8, 4) is 6.07 Å². The van der Waals surface area contributed by atoms with Crippen LogP contribution >= 0.6 is 11.6 Å². The van der Waals surface area contributed by atoms with E-state index in [4.69, 9.17) is 16.3 Å². The number of alkyl carbamates (subject to hydrolysis) is 1. The van der Waals surface area contributed by atoms with Crippen LogP contribution in [0.5, 0.6) is 0 Å². The van der Waals surface area contributed by atoms with Crippen molar-refractivity contribution in [2.24, 2.45) is 0 Å². The number of benzene rings is 2. The normalized spacial score (nSPS) is 23.0. The van der Waals surface area contributed by atoms with Gasteiger partial charge in [0.2, 0.25) is 5.91 Å². The lowest BCUT2D eigenvalue weighted by atomic mass is 9.94. The number of nitrogens with one attached hydrogen (secondary N) is 1. The van der Waals surface area contributed by atoms with Gasteiger partial charge in [-0.1, -0.05) is 35.9 Å².